The van der Waals surface area contributed by atoms with Gasteiger partial charge in [0.05, 0.1) is 6.61 Å². The third-order valence-electron chi connectivity index (χ3n) is 5.17. The average Bonchev–Trinajstić information content (AvgIpc) is 2.47. The molecule has 0 radical (unpaired) electrons. The molecule has 0 unspecified atom stereocenters. The summed E-state index contributed by atoms with van der Waals surface area (Å²) in [5, 5.41) is 0.249. The van der Waals surface area contributed by atoms with E-state index in [4.69, 9.17) is 4.43 Å². The van der Waals surface area contributed by atoms with Gasteiger partial charge in [0.1, 0.15) is 0 Å². The van der Waals surface area contributed by atoms with Crippen molar-refractivity contribution in [1.82, 2.24) is 0 Å². The van der Waals surface area contributed by atoms with E-state index < -0.39 is 8.32 Å². The lowest BCUT2D eigenvalue weighted by molar-refractivity contribution is 0.276. The molecule has 2 heteroatoms. The summed E-state index contributed by atoms with van der Waals surface area (Å²) in [5.74, 6) is 0. The Kier molecular flexibility index (Phi) is 5.17. The van der Waals surface area contributed by atoms with Crippen molar-refractivity contribution < 1.29 is 4.43 Å². The maximum Gasteiger partial charge on any atom is 0.192 e. The summed E-state index contributed by atoms with van der Waals surface area (Å²) >= 11 is 0. The molecule has 0 spiro atoms. The molecule has 0 aliphatic rings. The van der Waals surface area contributed by atoms with Crippen LogP contribution in [0, 0.1) is 13.8 Å². The lowest BCUT2D eigenvalue weighted by atomic mass is 9.99. The number of rotatable bonds is 4. The van der Waals surface area contributed by atoms with Crippen LogP contribution in [0.3, 0.4) is 0 Å². The Labute approximate surface area is 142 Å². The van der Waals surface area contributed by atoms with Crippen LogP contribution >= 0.6 is 0 Å². The highest BCUT2D eigenvalue weighted by Gasteiger charge is 2.36. The van der Waals surface area contributed by atoms with Gasteiger partial charge in [-0.1, -0.05) is 57.2 Å². The van der Waals surface area contributed by atoms with E-state index in [-0.39, 0.29) is 5.04 Å². The molecule has 0 fully saturated rings. The van der Waals surface area contributed by atoms with Gasteiger partial charge in [-0.3, -0.25) is 0 Å². The zero-order valence-corrected chi connectivity index (χ0v) is 16.7. The fraction of sp³-hybridized carbons (Fsp3) is 0.429. The summed E-state index contributed by atoms with van der Waals surface area (Å²) in [4.78, 5) is 0. The molecule has 0 amide bonds. The Morgan fingerprint density at radius 2 is 1.52 bits per heavy atom. The van der Waals surface area contributed by atoms with Crippen molar-refractivity contribution >= 4 is 8.32 Å². The number of hydrogen-bond acceptors (Lipinski definition) is 1. The van der Waals surface area contributed by atoms with Crippen molar-refractivity contribution in [3.8, 4) is 11.1 Å². The van der Waals surface area contributed by atoms with Crippen molar-refractivity contribution in [2.75, 3.05) is 0 Å². The third-order valence-corrected chi connectivity index (χ3v) is 9.65. The molecule has 0 heterocycles. The second kappa shape index (κ2) is 6.62. The van der Waals surface area contributed by atoms with Gasteiger partial charge in [0, 0.05) is 0 Å². The topological polar surface area (TPSA) is 9.23 Å². The molecule has 124 valence electrons. The van der Waals surface area contributed by atoms with Gasteiger partial charge in [0.2, 0.25) is 0 Å². The molecular formula is C21H30OSi. The van der Waals surface area contributed by atoms with Crippen molar-refractivity contribution in [2.24, 2.45) is 0 Å². The van der Waals surface area contributed by atoms with E-state index in [2.05, 4.69) is 90.2 Å². The molecular weight excluding hydrogens is 296 g/mol. The SMILES string of the molecule is Cc1ccc(-c2cccc(CO[Si](C)(C)C(C)(C)C)c2)cc1C. The van der Waals surface area contributed by atoms with E-state index in [0.717, 1.165) is 0 Å². The smallest absolute Gasteiger partial charge is 0.192 e. The van der Waals surface area contributed by atoms with Crippen molar-refractivity contribution in [2.45, 2.75) is 59.4 Å². The molecule has 2 aromatic rings. The fourth-order valence-corrected chi connectivity index (χ4v) is 3.20. The monoisotopic (exact) mass is 326 g/mol. The lowest BCUT2D eigenvalue weighted by Crippen LogP contribution is -2.40. The maximum atomic E-state index is 6.35. The van der Waals surface area contributed by atoms with E-state index >= 15 is 0 Å². The Hall–Kier alpha value is -1.38. The highest BCUT2D eigenvalue weighted by Crippen LogP contribution is 2.37. The zero-order valence-electron chi connectivity index (χ0n) is 15.7. The molecule has 23 heavy (non-hydrogen) atoms. The second-order valence-corrected chi connectivity index (χ2v) is 12.9. The minimum Gasteiger partial charge on any atom is -0.413 e. The first-order valence-corrected chi connectivity index (χ1v) is 11.3. The lowest BCUT2D eigenvalue weighted by Gasteiger charge is -2.36. The van der Waals surface area contributed by atoms with Crippen molar-refractivity contribution in [3.63, 3.8) is 0 Å². The van der Waals surface area contributed by atoms with Gasteiger partial charge in [-0.15, -0.1) is 0 Å². The van der Waals surface area contributed by atoms with Crippen molar-refractivity contribution in [3.05, 3.63) is 59.2 Å². The van der Waals surface area contributed by atoms with Gasteiger partial charge in [-0.25, -0.2) is 0 Å². The highest BCUT2D eigenvalue weighted by atomic mass is 28.4. The van der Waals surface area contributed by atoms with Gasteiger partial charge in [-0.05, 0) is 65.9 Å². The van der Waals surface area contributed by atoms with Crippen LogP contribution in [0.1, 0.15) is 37.5 Å². The normalized spacial score (nSPS) is 12.5. The van der Waals surface area contributed by atoms with E-state index in [1.807, 2.05) is 0 Å². The molecule has 0 aliphatic carbocycles. The molecule has 0 atom stereocenters. The summed E-state index contributed by atoms with van der Waals surface area (Å²) in [6.45, 7) is 16.5. The highest BCUT2D eigenvalue weighted by molar-refractivity contribution is 6.74. The Bertz CT molecular complexity index is 680. The van der Waals surface area contributed by atoms with Crippen LogP contribution < -0.4 is 0 Å². The van der Waals surface area contributed by atoms with Crippen LogP contribution in [0.15, 0.2) is 42.5 Å². The van der Waals surface area contributed by atoms with Crippen LogP contribution in [-0.2, 0) is 11.0 Å². The quantitative estimate of drug-likeness (QED) is 0.583. The summed E-state index contributed by atoms with van der Waals surface area (Å²) in [6.07, 6.45) is 0. The van der Waals surface area contributed by atoms with E-state index in [0.29, 0.717) is 6.61 Å². The first-order chi connectivity index (χ1) is 10.6. The zero-order chi connectivity index (χ0) is 17.3. The predicted octanol–water partition coefficient (Wildman–Crippen LogP) is 6.49. The maximum absolute atomic E-state index is 6.35. The molecule has 2 aromatic carbocycles. The average molecular weight is 327 g/mol. The standard InChI is InChI=1S/C21H30OSi/c1-16-11-12-20(13-17(16)2)19-10-8-9-18(14-19)15-22-23(6,7)21(3,4)5/h8-14H,15H2,1-7H3. The first kappa shape index (κ1) is 18.0. The summed E-state index contributed by atoms with van der Waals surface area (Å²) in [6, 6.07) is 15.4. The van der Waals surface area contributed by atoms with Crippen LogP contribution in [-0.4, -0.2) is 8.32 Å². The molecule has 0 aliphatic heterocycles. The Balaban J connectivity index is 2.19. The second-order valence-electron chi connectivity index (χ2n) is 8.05. The summed E-state index contributed by atoms with van der Waals surface area (Å²) < 4.78 is 6.35. The number of benzene rings is 2. The molecule has 0 saturated carbocycles. The molecule has 0 N–H and O–H groups in total. The largest absolute Gasteiger partial charge is 0.413 e. The Morgan fingerprint density at radius 3 is 2.13 bits per heavy atom. The molecule has 2 rings (SSSR count). The van der Waals surface area contributed by atoms with Crippen LogP contribution in [0.5, 0.6) is 0 Å². The van der Waals surface area contributed by atoms with Gasteiger partial charge in [0.25, 0.3) is 0 Å². The molecule has 1 nitrogen and oxygen atoms in total. The number of hydrogen-bond donors (Lipinski definition) is 0. The van der Waals surface area contributed by atoms with Crippen LogP contribution in [0.25, 0.3) is 11.1 Å². The predicted molar refractivity (Wildman–Crippen MR) is 103 cm³/mol. The van der Waals surface area contributed by atoms with E-state index in [1.54, 1.807) is 0 Å². The minimum absolute atomic E-state index is 0.249. The Morgan fingerprint density at radius 1 is 0.870 bits per heavy atom. The molecule has 0 aromatic heterocycles. The summed E-state index contributed by atoms with van der Waals surface area (Å²) in [7, 11) is -1.70. The van der Waals surface area contributed by atoms with Crippen LogP contribution in [0.4, 0.5) is 0 Å². The van der Waals surface area contributed by atoms with E-state index in [1.165, 1.54) is 27.8 Å². The minimum atomic E-state index is -1.70. The van der Waals surface area contributed by atoms with Gasteiger partial charge in [0.15, 0.2) is 8.32 Å². The third kappa shape index (κ3) is 4.33. The van der Waals surface area contributed by atoms with E-state index in [9.17, 15) is 0 Å². The van der Waals surface area contributed by atoms with Gasteiger partial charge < -0.3 is 4.43 Å². The molecule has 0 bridgehead atoms. The fourth-order valence-electron chi connectivity index (χ4n) is 2.24. The molecule has 0 saturated heterocycles. The van der Waals surface area contributed by atoms with Gasteiger partial charge in [-0.2, -0.15) is 0 Å². The first-order valence-electron chi connectivity index (χ1n) is 8.41. The van der Waals surface area contributed by atoms with Crippen LogP contribution in [0.2, 0.25) is 18.1 Å². The number of aryl methyl sites for hydroxylation is 2. The summed E-state index contributed by atoms with van der Waals surface area (Å²) in [5.41, 5.74) is 6.48. The van der Waals surface area contributed by atoms with Crippen molar-refractivity contribution in [1.29, 1.82) is 0 Å². The van der Waals surface area contributed by atoms with Gasteiger partial charge >= 0.3 is 0 Å².